The number of nitrogens with zero attached hydrogens (tertiary/aromatic N) is 3. The average Bonchev–Trinajstić information content (AvgIpc) is 3.10. The van der Waals surface area contributed by atoms with Crippen molar-refractivity contribution in [3.63, 3.8) is 0 Å². The molecule has 2 atom stereocenters. The Bertz CT molecular complexity index is 554. The van der Waals surface area contributed by atoms with Gasteiger partial charge in [-0.25, -0.2) is 0 Å². The van der Waals surface area contributed by atoms with E-state index in [9.17, 15) is 4.79 Å². The zero-order chi connectivity index (χ0) is 17.4. The van der Waals surface area contributed by atoms with Crippen LogP contribution in [0.1, 0.15) is 38.3 Å². The van der Waals surface area contributed by atoms with Crippen LogP contribution in [0.5, 0.6) is 0 Å². The molecule has 0 unspecified atom stereocenters. The van der Waals surface area contributed by atoms with Crippen molar-refractivity contribution < 1.29 is 4.79 Å². The summed E-state index contributed by atoms with van der Waals surface area (Å²) in [5, 5.41) is 11.4. The Morgan fingerprint density at radius 2 is 2.21 bits per heavy atom. The van der Waals surface area contributed by atoms with Gasteiger partial charge < -0.3 is 5.32 Å². The van der Waals surface area contributed by atoms with E-state index in [1.54, 1.807) is 0 Å². The second-order valence-electron chi connectivity index (χ2n) is 6.35. The number of hydrogen-bond acceptors (Lipinski definition) is 4. The third-order valence-corrected chi connectivity index (χ3v) is 4.85. The lowest BCUT2D eigenvalue weighted by atomic mass is 10.1. The molecule has 1 saturated heterocycles. The molecule has 0 spiro atoms. The number of rotatable bonds is 8. The summed E-state index contributed by atoms with van der Waals surface area (Å²) in [6, 6.07) is 13.4. The molecule has 1 fully saturated rings. The van der Waals surface area contributed by atoms with Crippen LogP contribution in [0.25, 0.3) is 0 Å². The molecule has 130 valence electrons. The van der Waals surface area contributed by atoms with E-state index in [0.717, 1.165) is 26.1 Å². The minimum atomic E-state index is 0.0154. The molecular weight excluding hydrogens is 300 g/mol. The zero-order valence-corrected chi connectivity index (χ0v) is 14.7. The maximum Gasteiger partial charge on any atom is 0.234 e. The number of likely N-dealkylation sites (tertiary alicyclic amines) is 1. The van der Waals surface area contributed by atoms with Crippen LogP contribution in [-0.2, 0) is 4.79 Å². The van der Waals surface area contributed by atoms with Gasteiger partial charge in [-0.3, -0.25) is 14.6 Å². The molecular formula is C19H28N4O. The number of carbonyl (C=O) groups excluding carboxylic acids is 1. The van der Waals surface area contributed by atoms with E-state index in [1.807, 2.05) is 12.1 Å². The van der Waals surface area contributed by atoms with Crippen molar-refractivity contribution in [3.05, 3.63) is 35.9 Å². The van der Waals surface area contributed by atoms with Gasteiger partial charge in [0.15, 0.2) is 0 Å². The summed E-state index contributed by atoms with van der Waals surface area (Å²) in [6.07, 6.45) is 1.46. The van der Waals surface area contributed by atoms with E-state index in [1.165, 1.54) is 5.56 Å². The standard InChI is InChI=1S/C19H28N4O/c1-3-22(15-19(24)21-12-7-11-20)18-10-13-23(14-18)16(2)17-8-5-4-6-9-17/h4-6,8-9,16,18H,3,7,10,12-15H2,1-2H3,(H,21,24)/t16-,18+/m0/s1. The molecule has 1 heterocycles. The van der Waals surface area contributed by atoms with Crippen molar-refractivity contribution >= 4 is 5.91 Å². The maximum atomic E-state index is 12.0. The first-order valence-corrected chi connectivity index (χ1v) is 8.82. The quantitative estimate of drug-likeness (QED) is 0.743. The van der Waals surface area contributed by atoms with Crippen molar-refractivity contribution in [2.45, 2.75) is 38.8 Å². The van der Waals surface area contributed by atoms with E-state index in [2.05, 4.69) is 53.2 Å². The number of nitrogens with one attached hydrogen (secondary N) is 1. The minimum absolute atomic E-state index is 0.0154. The molecule has 1 amide bonds. The fraction of sp³-hybridized carbons (Fsp3) is 0.579. The van der Waals surface area contributed by atoms with E-state index >= 15 is 0 Å². The Balaban J connectivity index is 1.86. The van der Waals surface area contributed by atoms with Gasteiger partial charge in [-0.15, -0.1) is 0 Å². The molecule has 2 rings (SSSR count). The molecule has 0 aliphatic carbocycles. The second kappa shape index (κ2) is 9.41. The van der Waals surface area contributed by atoms with Crippen molar-refractivity contribution in [1.82, 2.24) is 15.1 Å². The monoisotopic (exact) mass is 328 g/mol. The summed E-state index contributed by atoms with van der Waals surface area (Å²) in [5.74, 6) is 0.0154. The summed E-state index contributed by atoms with van der Waals surface area (Å²) in [7, 11) is 0. The van der Waals surface area contributed by atoms with Gasteiger partial charge in [0, 0.05) is 31.7 Å². The Morgan fingerprint density at radius 3 is 2.88 bits per heavy atom. The van der Waals surface area contributed by atoms with Crippen LogP contribution in [0.3, 0.4) is 0 Å². The minimum Gasteiger partial charge on any atom is -0.354 e. The fourth-order valence-electron chi connectivity index (χ4n) is 3.36. The molecule has 0 bridgehead atoms. The third-order valence-electron chi connectivity index (χ3n) is 4.85. The number of benzene rings is 1. The van der Waals surface area contributed by atoms with Crippen molar-refractivity contribution in [1.29, 1.82) is 5.26 Å². The third kappa shape index (κ3) is 5.05. The Hall–Kier alpha value is -1.90. The lowest BCUT2D eigenvalue weighted by molar-refractivity contribution is -0.122. The highest BCUT2D eigenvalue weighted by atomic mass is 16.2. The van der Waals surface area contributed by atoms with Gasteiger partial charge in [-0.1, -0.05) is 37.3 Å². The highest BCUT2D eigenvalue weighted by molar-refractivity contribution is 5.78. The van der Waals surface area contributed by atoms with E-state index in [0.29, 0.717) is 31.6 Å². The Morgan fingerprint density at radius 1 is 1.46 bits per heavy atom. The van der Waals surface area contributed by atoms with Gasteiger partial charge in [0.1, 0.15) is 0 Å². The summed E-state index contributed by atoms with van der Waals surface area (Å²) in [6.45, 7) is 8.13. The Kier molecular flexibility index (Phi) is 7.23. The first kappa shape index (κ1) is 18.4. The number of likely N-dealkylation sites (N-methyl/N-ethyl adjacent to an activating group) is 1. The van der Waals surface area contributed by atoms with Crippen molar-refractivity contribution in [3.8, 4) is 6.07 Å². The number of amides is 1. The summed E-state index contributed by atoms with van der Waals surface area (Å²) in [4.78, 5) is 16.8. The van der Waals surface area contributed by atoms with Gasteiger partial charge in [0.2, 0.25) is 5.91 Å². The molecule has 1 N–H and O–H groups in total. The predicted molar refractivity (Wildman–Crippen MR) is 95.3 cm³/mol. The van der Waals surface area contributed by atoms with Crippen LogP contribution < -0.4 is 5.32 Å². The van der Waals surface area contributed by atoms with Crippen molar-refractivity contribution in [2.75, 3.05) is 32.7 Å². The van der Waals surface area contributed by atoms with Crippen LogP contribution in [0.4, 0.5) is 0 Å². The normalized spacial score (nSPS) is 19.2. The lowest BCUT2D eigenvalue weighted by Crippen LogP contribution is -2.44. The number of hydrogen-bond donors (Lipinski definition) is 1. The average molecular weight is 328 g/mol. The summed E-state index contributed by atoms with van der Waals surface area (Å²) in [5.41, 5.74) is 1.34. The SMILES string of the molecule is CCN(CC(=O)NCCC#N)[C@@H]1CCN([C@@H](C)c2ccccc2)C1. The molecule has 24 heavy (non-hydrogen) atoms. The summed E-state index contributed by atoms with van der Waals surface area (Å²) < 4.78 is 0. The van der Waals surface area contributed by atoms with Crippen LogP contribution in [0.2, 0.25) is 0 Å². The molecule has 1 aromatic rings. The van der Waals surface area contributed by atoms with Gasteiger partial charge in [-0.05, 0) is 25.5 Å². The molecule has 0 radical (unpaired) electrons. The van der Waals surface area contributed by atoms with Crippen LogP contribution in [-0.4, -0.2) is 54.5 Å². The number of carbonyl (C=O) groups is 1. The maximum absolute atomic E-state index is 12.0. The lowest BCUT2D eigenvalue weighted by Gasteiger charge is -2.29. The zero-order valence-electron chi connectivity index (χ0n) is 14.7. The molecule has 0 saturated carbocycles. The number of nitriles is 1. The summed E-state index contributed by atoms with van der Waals surface area (Å²) >= 11 is 0. The van der Waals surface area contributed by atoms with Crippen molar-refractivity contribution in [2.24, 2.45) is 0 Å². The van der Waals surface area contributed by atoms with Gasteiger partial charge in [-0.2, -0.15) is 5.26 Å². The first-order valence-electron chi connectivity index (χ1n) is 8.82. The second-order valence-corrected chi connectivity index (χ2v) is 6.35. The van der Waals surface area contributed by atoms with Crippen LogP contribution in [0.15, 0.2) is 30.3 Å². The van der Waals surface area contributed by atoms with E-state index < -0.39 is 0 Å². The predicted octanol–water partition coefficient (Wildman–Crippen LogP) is 2.17. The topological polar surface area (TPSA) is 59.4 Å². The first-order chi connectivity index (χ1) is 11.7. The van der Waals surface area contributed by atoms with Crippen LogP contribution >= 0.6 is 0 Å². The van der Waals surface area contributed by atoms with Gasteiger partial charge >= 0.3 is 0 Å². The largest absolute Gasteiger partial charge is 0.354 e. The van der Waals surface area contributed by atoms with Gasteiger partial charge in [0.25, 0.3) is 0 Å². The van der Waals surface area contributed by atoms with E-state index in [-0.39, 0.29) is 5.91 Å². The molecule has 5 heteroatoms. The molecule has 5 nitrogen and oxygen atoms in total. The Labute approximate surface area is 145 Å². The molecule has 0 aromatic heterocycles. The highest BCUT2D eigenvalue weighted by Crippen LogP contribution is 2.26. The molecule has 1 aliphatic heterocycles. The van der Waals surface area contributed by atoms with Crippen LogP contribution in [0, 0.1) is 11.3 Å². The fourth-order valence-corrected chi connectivity index (χ4v) is 3.36. The molecule has 1 aliphatic rings. The van der Waals surface area contributed by atoms with Gasteiger partial charge in [0.05, 0.1) is 19.0 Å². The highest BCUT2D eigenvalue weighted by Gasteiger charge is 2.30. The van der Waals surface area contributed by atoms with E-state index in [4.69, 9.17) is 5.26 Å². The smallest absolute Gasteiger partial charge is 0.234 e. The molecule has 1 aromatic carbocycles.